The zero-order chi connectivity index (χ0) is 19.3. The fourth-order valence-corrected chi connectivity index (χ4v) is 3.09. The third-order valence-corrected chi connectivity index (χ3v) is 4.65. The van der Waals surface area contributed by atoms with Crippen LogP contribution < -0.4 is 9.47 Å². The van der Waals surface area contributed by atoms with Crippen molar-refractivity contribution in [3.8, 4) is 34.4 Å². The van der Waals surface area contributed by atoms with E-state index in [1.807, 2.05) is 36.4 Å². The highest BCUT2D eigenvalue weighted by molar-refractivity contribution is 7.98. The number of hydrogen-bond donors (Lipinski definition) is 0. The molecule has 2 aromatic carbocycles. The Bertz CT molecular complexity index is 1060. The number of nitrogens with zero attached hydrogens (tertiary/aromatic N) is 4. The lowest BCUT2D eigenvalue weighted by Crippen LogP contribution is -1.90. The Labute approximate surface area is 164 Å². The van der Waals surface area contributed by atoms with Crippen molar-refractivity contribution in [3.63, 3.8) is 0 Å². The molecule has 0 amide bonds. The minimum absolute atomic E-state index is 0.395. The van der Waals surface area contributed by atoms with E-state index in [1.165, 1.54) is 11.8 Å². The first kappa shape index (κ1) is 18.1. The molecule has 9 heteroatoms. The number of ether oxygens (including phenoxy) is 2. The fourth-order valence-electron chi connectivity index (χ4n) is 2.49. The highest BCUT2D eigenvalue weighted by Gasteiger charge is 2.14. The monoisotopic (exact) mass is 396 g/mol. The van der Waals surface area contributed by atoms with Crippen LogP contribution in [0.25, 0.3) is 22.9 Å². The molecule has 0 fully saturated rings. The molecule has 0 spiro atoms. The van der Waals surface area contributed by atoms with Gasteiger partial charge in [-0.1, -0.05) is 30.0 Å². The van der Waals surface area contributed by atoms with Gasteiger partial charge in [0.05, 0.1) is 20.0 Å². The lowest BCUT2D eigenvalue weighted by atomic mass is 10.2. The molecule has 28 heavy (non-hydrogen) atoms. The quantitative estimate of drug-likeness (QED) is 0.428. The van der Waals surface area contributed by atoms with Gasteiger partial charge in [-0.25, -0.2) is 0 Å². The third kappa shape index (κ3) is 3.84. The van der Waals surface area contributed by atoms with E-state index in [-0.39, 0.29) is 0 Å². The summed E-state index contributed by atoms with van der Waals surface area (Å²) < 4.78 is 21.9. The van der Waals surface area contributed by atoms with Crippen LogP contribution in [0.4, 0.5) is 0 Å². The molecule has 142 valence electrons. The molecule has 2 heterocycles. The van der Waals surface area contributed by atoms with Crippen molar-refractivity contribution in [2.24, 2.45) is 0 Å². The third-order valence-electron chi connectivity index (χ3n) is 3.84. The van der Waals surface area contributed by atoms with Gasteiger partial charge >= 0.3 is 0 Å². The van der Waals surface area contributed by atoms with Crippen LogP contribution >= 0.6 is 11.8 Å². The summed E-state index contributed by atoms with van der Waals surface area (Å²) in [5, 5.41) is 16.7. The summed E-state index contributed by atoms with van der Waals surface area (Å²) in [4.78, 5) is 0. The summed E-state index contributed by atoms with van der Waals surface area (Å²) in [6.45, 7) is 0. The van der Waals surface area contributed by atoms with Crippen LogP contribution in [0.5, 0.6) is 11.5 Å². The predicted molar refractivity (Wildman–Crippen MR) is 102 cm³/mol. The molecule has 0 N–H and O–H groups in total. The summed E-state index contributed by atoms with van der Waals surface area (Å²) in [6, 6.07) is 15.0. The second kappa shape index (κ2) is 8.13. The smallest absolute Gasteiger partial charge is 0.277 e. The van der Waals surface area contributed by atoms with E-state index < -0.39 is 0 Å². The van der Waals surface area contributed by atoms with Crippen molar-refractivity contribution in [2.75, 3.05) is 14.2 Å². The van der Waals surface area contributed by atoms with E-state index in [9.17, 15) is 0 Å². The first-order chi connectivity index (χ1) is 13.8. The molecule has 0 unspecified atom stereocenters. The number of hydrogen-bond acceptors (Lipinski definition) is 9. The van der Waals surface area contributed by atoms with Gasteiger partial charge in [-0.15, -0.1) is 20.4 Å². The van der Waals surface area contributed by atoms with Gasteiger partial charge in [0.2, 0.25) is 17.7 Å². The Kier molecular flexibility index (Phi) is 5.24. The molecule has 0 bridgehead atoms. The average Bonchev–Trinajstić information content (AvgIpc) is 3.42. The summed E-state index contributed by atoms with van der Waals surface area (Å²) in [6.07, 6.45) is 0. The Balaban J connectivity index is 1.44. The first-order valence-electron chi connectivity index (χ1n) is 8.33. The van der Waals surface area contributed by atoms with Crippen molar-refractivity contribution in [3.05, 3.63) is 54.4 Å². The number of aromatic nitrogens is 4. The summed E-state index contributed by atoms with van der Waals surface area (Å²) in [5.74, 6) is 2.96. The topological polar surface area (TPSA) is 96.3 Å². The van der Waals surface area contributed by atoms with Crippen molar-refractivity contribution in [2.45, 2.75) is 11.0 Å². The molecule has 0 saturated carbocycles. The van der Waals surface area contributed by atoms with Crippen molar-refractivity contribution in [1.29, 1.82) is 0 Å². The lowest BCUT2D eigenvalue weighted by Gasteiger charge is -2.07. The van der Waals surface area contributed by atoms with Crippen LogP contribution in [0.3, 0.4) is 0 Å². The second-order valence-corrected chi connectivity index (χ2v) is 6.53. The minimum Gasteiger partial charge on any atom is -0.493 e. The molecule has 0 aliphatic carbocycles. The molecule has 8 nitrogen and oxygen atoms in total. The van der Waals surface area contributed by atoms with Crippen LogP contribution in [-0.2, 0) is 5.75 Å². The van der Waals surface area contributed by atoms with Crippen LogP contribution in [-0.4, -0.2) is 34.6 Å². The Hall–Kier alpha value is -3.33. The average molecular weight is 396 g/mol. The van der Waals surface area contributed by atoms with Crippen LogP contribution in [0, 0.1) is 0 Å². The molecule has 0 radical (unpaired) electrons. The molecule has 4 rings (SSSR count). The Morgan fingerprint density at radius 3 is 2.32 bits per heavy atom. The lowest BCUT2D eigenvalue weighted by molar-refractivity contribution is 0.355. The number of rotatable bonds is 7. The molecule has 4 aromatic rings. The predicted octanol–water partition coefficient (Wildman–Crippen LogP) is 4.10. The zero-order valence-electron chi connectivity index (χ0n) is 15.2. The van der Waals surface area contributed by atoms with Crippen molar-refractivity contribution < 1.29 is 18.3 Å². The van der Waals surface area contributed by atoms with E-state index in [2.05, 4.69) is 20.4 Å². The molecule has 0 atom stereocenters. The molecule has 2 aromatic heterocycles. The maximum atomic E-state index is 5.73. The number of thioether (sulfide) groups is 1. The molecule has 0 saturated heterocycles. The molecular weight excluding hydrogens is 380 g/mol. The van der Waals surface area contributed by atoms with Gasteiger partial charge in [0, 0.05) is 11.1 Å². The van der Waals surface area contributed by atoms with Gasteiger partial charge in [-0.3, -0.25) is 0 Å². The Morgan fingerprint density at radius 2 is 1.54 bits per heavy atom. The van der Waals surface area contributed by atoms with E-state index in [1.54, 1.807) is 26.4 Å². The highest BCUT2D eigenvalue weighted by Crippen LogP contribution is 2.32. The van der Waals surface area contributed by atoms with Gasteiger partial charge in [0.1, 0.15) is 0 Å². The van der Waals surface area contributed by atoms with Crippen LogP contribution in [0.2, 0.25) is 0 Å². The molecular formula is C19H16N4O4S. The molecule has 0 aliphatic rings. The normalized spacial score (nSPS) is 10.8. The maximum absolute atomic E-state index is 5.73. The fraction of sp³-hybridized carbons (Fsp3) is 0.158. The van der Waals surface area contributed by atoms with Gasteiger partial charge < -0.3 is 18.3 Å². The zero-order valence-corrected chi connectivity index (χ0v) is 16.0. The van der Waals surface area contributed by atoms with E-state index in [0.29, 0.717) is 40.1 Å². The highest BCUT2D eigenvalue weighted by atomic mass is 32.2. The summed E-state index contributed by atoms with van der Waals surface area (Å²) >= 11 is 1.33. The van der Waals surface area contributed by atoms with Crippen LogP contribution in [0.1, 0.15) is 5.89 Å². The standard InChI is InChI=1S/C19H16N4O4S/c1-24-14-9-8-13(10-15(14)25-2)18-21-20-16(26-18)11-28-19-23-22-17(27-19)12-6-4-3-5-7-12/h3-10H,11H2,1-2H3. The van der Waals surface area contributed by atoms with Gasteiger partial charge in [-0.05, 0) is 30.3 Å². The van der Waals surface area contributed by atoms with Crippen molar-refractivity contribution >= 4 is 11.8 Å². The SMILES string of the molecule is COc1ccc(-c2nnc(CSc3nnc(-c4ccccc4)o3)o2)cc1OC. The van der Waals surface area contributed by atoms with E-state index in [0.717, 1.165) is 11.1 Å². The van der Waals surface area contributed by atoms with Gasteiger partial charge in [0.25, 0.3) is 5.22 Å². The van der Waals surface area contributed by atoms with Gasteiger partial charge in [-0.2, -0.15) is 0 Å². The largest absolute Gasteiger partial charge is 0.493 e. The van der Waals surface area contributed by atoms with E-state index >= 15 is 0 Å². The second-order valence-electron chi connectivity index (χ2n) is 5.60. The Morgan fingerprint density at radius 1 is 0.786 bits per heavy atom. The summed E-state index contributed by atoms with van der Waals surface area (Å²) in [5.41, 5.74) is 1.61. The summed E-state index contributed by atoms with van der Waals surface area (Å²) in [7, 11) is 3.16. The first-order valence-corrected chi connectivity index (χ1v) is 9.32. The van der Waals surface area contributed by atoms with Gasteiger partial charge in [0.15, 0.2) is 11.5 Å². The van der Waals surface area contributed by atoms with Crippen molar-refractivity contribution in [1.82, 2.24) is 20.4 Å². The minimum atomic E-state index is 0.395. The molecule has 0 aliphatic heterocycles. The van der Waals surface area contributed by atoms with Crippen LogP contribution in [0.15, 0.2) is 62.6 Å². The maximum Gasteiger partial charge on any atom is 0.277 e. The number of benzene rings is 2. The van der Waals surface area contributed by atoms with E-state index in [4.69, 9.17) is 18.3 Å². The number of methoxy groups -OCH3 is 2.